The van der Waals surface area contributed by atoms with E-state index in [1.54, 1.807) is 18.2 Å². The zero-order valence-electron chi connectivity index (χ0n) is 10.1. The molecular weight excluding hydrogens is 328 g/mol. The number of amides is 1. The highest BCUT2D eigenvalue weighted by Gasteiger charge is 2.08. The molecule has 0 radical (unpaired) electrons. The molecule has 7 heteroatoms. The van der Waals surface area contributed by atoms with Gasteiger partial charge in [0.2, 0.25) is 0 Å². The summed E-state index contributed by atoms with van der Waals surface area (Å²) in [6, 6.07) is 12.3. The van der Waals surface area contributed by atoms with Gasteiger partial charge in [-0.05, 0) is 30.3 Å². The van der Waals surface area contributed by atoms with Gasteiger partial charge in [-0.25, -0.2) is 4.79 Å². The number of rotatable bonds is 3. The maximum absolute atomic E-state index is 11.6. The summed E-state index contributed by atoms with van der Waals surface area (Å²) < 4.78 is 5.83. The minimum absolute atomic E-state index is 0.0650. The van der Waals surface area contributed by atoms with Crippen molar-refractivity contribution < 1.29 is 14.5 Å². The van der Waals surface area contributed by atoms with Crippen LogP contribution in [-0.2, 0) is 0 Å². The summed E-state index contributed by atoms with van der Waals surface area (Å²) in [6.07, 6.45) is -0.669. The molecule has 2 aromatic rings. The van der Waals surface area contributed by atoms with Crippen molar-refractivity contribution in [2.45, 2.75) is 0 Å². The Morgan fingerprint density at radius 2 is 1.90 bits per heavy atom. The van der Waals surface area contributed by atoms with E-state index >= 15 is 0 Å². The number of hydrogen-bond donors (Lipinski definition) is 1. The van der Waals surface area contributed by atoms with E-state index in [4.69, 9.17) is 4.74 Å². The van der Waals surface area contributed by atoms with Gasteiger partial charge in [0.05, 0.1) is 4.92 Å². The van der Waals surface area contributed by atoms with E-state index in [2.05, 4.69) is 21.2 Å². The van der Waals surface area contributed by atoms with Crippen LogP contribution in [0.3, 0.4) is 0 Å². The van der Waals surface area contributed by atoms with Crippen molar-refractivity contribution in [1.82, 2.24) is 0 Å². The Balaban J connectivity index is 1.99. The zero-order chi connectivity index (χ0) is 14.5. The van der Waals surface area contributed by atoms with Crippen LogP contribution in [0.25, 0.3) is 0 Å². The first-order valence-corrected chi connectivity index (χ1v) is 6.33. The first-order chi connectivity index (χ1) is 9.54. The lowest BCUT2D eigenvalue weighted by atomic mass is 10.3. The van der Waals surface area contributed by atoms with Gasteiger partial charge in [0.25, 0.3) is 5.69 Å². The van der Waals surface area contributed by atoms with Gasteiger partial charge < -0.3 is 4.74 Å². The number of carbonyl (C=O) groups is 1. The van der Waals surface area contributed by atoms with Gasteiger partial charge >= 0.3 is 6.09 Å². The number of hydrogen-bond acceptors (Lipinski definition) is 4. The summed E-state index contributed by atoms with van der Waals surface area (Å²) in [5.41, 5.74) is 0.510. The fraction of sp³-hybridized carbons (Fsp3) is 0. The molecule has 0 bridgehead atoms. The van der Waals surface area contributed by atoms with Gasteiger partial charge in [-0.2, -0.15) is 0 Å². The number of carbonyl (C=O) groups excluding carboxylic acids is 1. The summed E-state index contributed by atoms with van der Waals surface area (Å²) in [5, 5.41) is 13.0. The minimum atomic E-state index is -0.669. The molecule has 20 heavy (non-hydrogen) atoms. The third kappa shape index (κ3) is 3.79. The van der Waals surface area contributed by atoms with Crippen molar-refractivity contribution in [3.05, 3.63) is 63.1 Å². The molecule has 1 amide bonds. The Kier molecular flexibility index (Phi) is 4.31. The highest BCUT2D eigenvalue weighted by Crippen LogP contribution is 2.19. The van der Waals surface area contributed by atoms with Crippen LogP contribution >= 0.6 is 15.9 Å². The van der Waals surface area contributed by atoms with E-state index < -0.39 is 11.0 Å². The van der Waals surface area contributed by atoms with E-state index in [9.17, 15) is 14.9 Å². The van der Waals surface area contributed by atoms with Crippen molar-refractivity contribution in [3.63, 3.8) is 0 Å². The maximum Gasteiger partial charge on any atom is 0.417 e. The predicted octanol–water partition coefficient (Wildman–Crippen LogP) is 3.97. The molecule has 0 spiro atoms. The SMILES string of the molecule is O=C(Nc1cccc(Br)c1)Oc1ccc([N+](=O)[O-])cc1. The Labute approximate surface area is 122 Å². The molecule has 1 N–H and O–H groups in total. The average Bonchev–Trinajstić information content (AvgIpc) is 2.39. The molecule has 0 unspecified atom stereocenters. The molecule has 0 aromatic heterocycles. The molecule has 0 atom stereocenters. The summed E-state index contributed by atoms with van der Waals surface area (Å²) >= 11 is 3.28. The topological polar surface area (TPSA) is 81.5 Å². The Morgan fingerprint density at radius 3 is 2.50 bits per heavy atom. The summed E-state index contributed by atoms with van der Waals surface area (Å²) in [7, 11) is 0. The lowest BCUT2D eigenvalue weighted by molar-refractivity contribution is -0.384. The largest absolute Gasteiger partial charge is 0.417 e. The third-order valence-corrected chi connectivity index (χ3v) is 2.82. The molecular formula is C13H9BrN2O4. The zero-order valence-corrected chi connectivity index (χ0v) is 11.7. The molecule has 0 saturated heterocycles. The standard InChI is InChI=1S/C13H9BrN2O4/c14-9-2-1-3-10(8-9)15-13(17)20-12-6-4-11(5-7-12)16(18)19/h1-8H,(H,15,17). The second-order valence-electron chi connectivity index (χ2n) is 3.78. The lowest BCUT2D eigenvalue weighted by Gasteiger charge is -2.06. The second-order valence-corrected chi connectivity index (χ2v) is 4.69. The highest BCUT2D eigenvalue weighted by molar-refractivity contribution is 9.10. The van der Waals surface area contributed by atoms with Crippen LogP contribution in [-0.4, -0.2) is 11.0 Å². The van der Waals surface area contributed by atoms with E-state index in [1.165, 1.54) is 24.3 Å². The molecule has 0 aliphatic heterocycles. The molecule has 0 fully saturated rings. The molecule has 102 valence electrons. The molecule has 2 rings (SSSR count). The summed E-state index contributed by atoms with van der Waals surface area (Å²) in [6.45, 7) is 0. The van der Waals surface area contributed by atoms with Gasteiger partial charge in [0.15, 0.2) is 0 Å². The Bertz CT molecular complexity index is 643. The number of nitro benzene ring substituents is 1. The third-order valence-electron chi connectivity index (χ3n) is 2.33. The van der Waals surface area contributed by atoms with Crippen molar-refractivity contribution in [2.24, 2.45) is 0 Å². The van der Waals surface area contributed by atoms with Crippen molar-refractivity contribution >= 4 is 33.4 Å². The van der Waals surface area contributed by atoms with Crippen LogP contribution in [0.2, 0.25) is 0 Å². The van der Waals surface area contributed by atoms with Gasteiger partial charge in [-0.1, -0.05) is 22.0 Å². The predicted molar refractivity (Wildman–Crippen MR) is 76.9 cm³/mol. The maximum atomic E-state index is 11.6. The van der Waals surface area contributed by atoms with E-state index in [0.717, 1.165) is 4.47 Å². The quantitative estimate of drug-likeness (QED) is 0.679. The number of benzene rings is 2. The molecule has 0 aliphatic rings. The first kappa shape index (κ1) is 14.0. The average molecular weight is 337 g/mol. The second kappa shape index (κ2) is 6.16. The molecule has 6 nitrogen and oxygen atoms in total. The fourth-order valence-corrected chi connectivity index (χ4v) is 1.85. The molecule has 0 aliphatic carbocycles. The molecule has 0 heterocycles. The lowest BCUT2D eigenvalue weighted by Crippen LogP contribution is -2.16. The number of nitrogens with zero attached hydrogens (tertiary/aromatic N) is 1. The van der Waals surface area contributed by atoms with Crippen molar-refractivity contribution in [3.8, 4) is 5.75 Å². The van der Waals surface area contributed by atoms with Crippen LogP contribution in [0.5, 0.6) is 5.75 Å². The van der Waals surface area contributed by atoms with Crippen LogP contribution in [0.15, 0.2) is 53.0 Å². The van der Waals surface area contributed by atoms with Gasteiger partial charge in [0.1, 0.15) is 5.75 Å². The van der Waals surface area contributed by atoms with Gasteiger partial charge in [-0.15, -0.1) is 0 Å². The Morgan fingerprint density at radius 1 is 1.20 bits per heavy atom. The number of halogens is 1. The first-order valence-electron chi connectivity index (χ1n) is 5.53. The van der Waals surface area contributed by atoms with E-state index in [-0.39, 0.29) is 11.4 Å². The number of nitro groups is 1. The molecule has 2 aromatic carbocycles. The highest BCUT2D eigenvalue weighted by atomic mass is 79.9. The minimum Gasteiger partial charge on any atom is -0.410 e. The van der Waals surface area contributed by atoms with Crippen LogP contribution in [0.1, 0.15) is 0 Å². The number of ether oxygens (including phenoxy) is 1. The Hall–Kier alpha value is -2.41. The smallest absolute Gasteiger partial charge is 0.410 e. The molecule has 0 saturated carbocycles. The summed E-state index contributed by atoms with van der Waals surface area (Å²) in [4.78, 5) is 21.6. The van der Waals surface area contributed by atoms with Crippen molar-refractivity contribution in [2.75, 3.05) is 5.32 Å². The normalized spacial score (nSPS) is 9.85. The van der Waals surface area contributed by atoms with Crippen molar-refractivity contribution in [1.29, 1.82) is 0 Å². The monoisotopic (exact) mass is 336 g/mol. The fourth-order valence-electron chi connectivity index (χ4n) is 1.45. The van der Waals surface area contributed by atoms with Crippen LogP contribution < -0.4 is 10.1 Å². The summed E-state index contributed by atoms with van der Waals surface area (Å²) in [5.74, 6) is 0.225. The van der Waals surface area contributed by atoms with Crippen LogP contribution in [0.4, 0.5) is 16.2 Å². The number of non-ortho nitro benzene ring substituents is 1. The van der Waals surface area contributed by atoms with E-state index in [0.29, 0.717) is 5.69 Å². The van der Waals surface area contributed by atoms with Crippen LogP contribution in [0, 0.1) is 10.1 Å². The number of anilines is 1. The number of nitrogens with one attached hydrogen (secondary N) is 1. The van der Waals surface area contributed by atoms with Gasteiger partial charge in [0, 0.05) is 22.3 Å². The van der Waals surface area contributed by atoms with Gasteiger partial charge in [-0.3, -0.25) is 15.4 Å². The van der Waals surface area contributed by atoms with E-state index in [1.807, 2.05) is 6.07 Å².